The van der Waals surface area contributed by atoms with Crippen molar-refractivity contribution >= 4 is 35.8 Å². The number of benzene rings is 1. The van der Waals surface area contributed by atoms with E-state index >= 15 is 0 Å². The maximum absolute atomic E-state index is 9.50. The van der Waals surface area contributed by atoms with E-state index in [0.29, 0.717) is 24.3 Å². The number of guanidine groups is 1. The lowest BCUT2D eigenvalue weighted by Crippen LogP contribution is -2.37. The molecule has 4 N–H and O–H groups in total. The average molecular weight is 523 g/mol. The molecule has 0 spiro atoms. The first-order valence-electron chi connectivity index (χ1n) is 10.6. The number of nitrogen functional groups attached to an aromatic ring is 1. The van der Waals surface area contributed by atoms with Crippen LogP contribution in [0.4, 0.5) is 5.82 Å². The summed E-state index contributed by atoms with van der Waals surface area (Å²) in [6.45, 7) is 6.70. The van der Waals surface area contributed by atoms with Gasteiger partial charge in [0.25, 0.3) is 0 Å². The number of aryl methyl sites for hydroxylation is 1. The molecule has 0 bridgehead atoms. The second kappa shape index (κ2) is 14.7. The fourth-order valence-electron chi connectivity index (χ4n) is 3.08. The highest BCUT2D eigenvalue weighted by atomic mass is 127. The van der Waals surface area contributed by atoms with E-state index in [2.05, 4.69) is 40.6 Å². The Balaban J connectivity index is 0.00000450. The van der Waals surface area contributed by atoms with Gasteiger partial charge in [-0.05, 0) is 38.3 Å². The van der Waals surface area contributed by atoms with Gasteiger partial charge in [-0.1, -0.05) is 44.4 Å². The van der Waals surface area contributed by atoms with Gasteiger partial charge in [-0.25, -0.2) is 4.68 Å². The molecule has 0 amide bonds. The lowest BCUT2D eigenvalue weighted by Gasteiger charge is -2.11. The van der Waals surface area contributed by atoms with E-state index in [4.69, 9.17) is 5.73 Å². The minimum absolute atomic E-state index is 0. The van der Waals surface area contributed by atoms with Crippen LogP contribution in [0.25, 0.3) is 5.69 Å². The van der Waals surface area contributed by atoms with Crippen molar-refractivity contribution in [3.8, 4) is 11.8 Å². The topological polar surface area (TPSA) is 104 Å². The Hall–Kier alpha value is -2.28. The number of nitrogens with zero attached hydrogens (tertiary/aromatic N) is 4. The number of nitrogens with two attached hydrogens (primary N) is 1. The fraction of sp³-hybridized carbons (Fsp3) is 0.500. The van der Waals surface area contributed by atoms with Crippen molar-refractivity contribution in [1.82, 2.24) is 20.4 Å². The Labute approximate surface area is 197 Å². The van der Waals surface area contributed by atoms with Crippen molar-refractivity contribution in [3.63, 3.8) is 0 Å². The molecule has 0 unspecified atom stereocenters. The summed E-state index contributed by atoms with van der Waals surface area (Å²) in [5.41, 5.74) is 8.19. The molecular weight excluding hydrogens is 489 g/mol. The number of para-hydroxylation sites is 1. The quantitative estimate of drug-likeness (QED) is 0.179. The zero-order chi connectivity index (χ0) is 20.9. The molecule has 0 aliphatic rings. The van der Waals surface area contributed by atoms with Gasteiger partial charge in [-0.2, -0.15) is 10.4 Å². The number of rotatable bonds is 11. The molecule has 1 aromatic heterocycles. The van der Waals surface area contributed by atoms with Crippen molar-refractivity contribution in [2.75, 3.05) is 25.4 Å². The molecule has 0 fully saturated rings. The average Bonchev–Trinajstić information content (AvgIpc) is 3.06. The molecule has 164 valence electrons. The predicted octanol–water partition coefficient (Wildman–Crippen LogP) is 4.01. The predicted molar refractivity (Wildman–Crippen MR) is 135 cm³/mol. The van der Waals surface area contributed by atoms with Crippen LogP contribution in [0.15, 0.2) is 35.3 Å². The molecule has 1 aromatic carbocycles. The van der Waals surface area contributed by atoms with E-state index in [0.717, 1.165) is 43.3 Å². The van der Waals surface area contributed by atoms with Crippen molar-refractivity contribution in [1.29, 1.82) is 5.26 Å². The third-order valence-corrected chi connectivity index (χ3v) is 4.61. The Kier molecular flexibility index (Phi) is 12.6. The van der Waals surface area contributed by atoms with E-state index in [9.17, 15) is 5.26 Å². The smallest absolute Gasteiger partial charge is 0.191 e. The molecule has 0 aliphatic heterocycles. The summed E-state index contributed by atoms with van der Waals surface area (Å²) in [4.78, 5) is 4.63. The van der Waals surface area contributed by atoms with Crippen LogP contribution in [0.5, 0.6) is 0 Å². The van der Waals surface area contributed by atoms with Crippen molar-refractivity contribution in [3.05, 3.63) is 41.6 Å². The summed E-state index contributed by atoms with van der Waals surface area (Å²) in [5.74, 6) is 1.23. The third kappa shape index (κ3) is 7.86. The zero-order valence-electron chi connectivity index (χ0n) is 18.0. The molecule has 0 radical (unpaired) electrons. The van der Waals surface area contributed by atoms with Gasteiger partial charge in [0.1, 0.15) is 17.5 Å². The lowest BCUT2D eigenvalue weighted by molar-refractivity contribution is 0.646. The van der Waals surface area contributed by atoms with E-state index in [1.165, 1.54) is 19.3 Å². The third-order valence-electron chi connectivity index (χ3n) is 4.61. The first kappa shape index (κ1) is 25.8. The SMILES string of the molecule is CCCCCCNC(=NCCCc1nn(-c2ccccc2)c(N)c1C#N)NCC.I. The number of nitrogens with one attached hydrogen (secondary N) is 2. The Morgan fingerprint density at radius 2 is 1.90 bits per heavy atom. The van der Waals surface area contributed by atoms with Crippen LogP contribution < -0.4 is 16.4 Å². The van der Waals surface area contributed by atoms with Crippen molar-refractivity contribution < 1.29 is 0 Å². The van der Waals surface area contributed by atoms with E-state index < -0.39 is 0 Å². The molecular formula is C22H34IN7. The standard InChI is InChI=1S/C22H33N7.HI/c1-3-5-6-10-15-26-22(25-4-2)27-16-11-14-20-19(17-23)21(24)29(28-20)18-12-8-7-9-13-18;/h7-9,12-13H,3-6,10-11,14-16,24H2,1-2H3,(H2,25,26,27);1H. The molecule has 2 aromatic rings. The highest BCUT2D eigenvalue weighted by Crippen LogP contribution is 2.21. The summed E-state index contributed by atoms with van der Waals surface area (Å²) in [6.07, 6.45) is 6.36. The van der Waals surface area contributed by atoms with Gasteiger partial charge in [-0.15, -0.1) is 24.0 Å². The van der Waals surface area contributed by atoms with Gasteiger partial charge in [-0.3, -0.25) is 4.99 Å². The molecule has 0 saturated heterocycles. The van der Waals surface area contributed by atoms with Crippen LogP contribution in [0, 0.1) is 11.3 Å². The highest BCUT2D eigenvalue weighted by molar-refractivity contribution is 14.0. The summed E-state index contributed by atoms with van der Waals surface area (Å²) in [5, 5.41) is 20.7. The molecule has 2 rings (SSSR count). The first-order chi connectivity index (χ1) is 14.2. The van der Waals surface area contributed by atoms with Crippen LogP contribution in [-0.4, -0.2) is 35.4 Å². The summed E-state index contributed by atoms with van der Waals surface area (Å²) in [6, 6.07) is 11.8. The fourth-order valence-corrected chi connectivity index (χ4v) is 3.08. The molecule has 0 atom stereocenters. The number of unbranched alkanes of at least 4 members (excludes halogenated alkanes) is 3. The van der Waals surface area contributed by atoms with Crippen LogP contribution in [0.2, 0.25) is 0 Å². The van der Waals surface area contributed by atoms with Gasteiger partial charge >= 0.3 is 0 Å². The van der Waals surface area contributed by atoms with Crippen LogP contribution >= 0.6 is 24.0 Å². The van der Waals surface area contributed by atoms with E-state index in [-0.39, 0.29) is 24.0 Å². The number of nitriles is 1. The minimum Gasteiger partial charge on any atom is -0.382 e. The van der Waals surface area contributed by atoms with Gasteiger partial charge in [0.2, 0.25) is 0 Å². The maximum Gasteiger partial charge on any atom is 0.191 e. The van der Waals surface area contributed by atoms with Crippen LogP contribution in [0.3, 0.4) is 0 Å². The van der Waals surface area contributed by atoms with Crippen LogP contribution in [0.1, 0.15) is 57.2 Å². The number of anilines is 1. The lowest BCUT2D eigenvalue weighted by atomic mass is 10.1. The van der Waals surface area contributed by atoms with Gasteiger partial charge in [0.15, 0.2) is 5.96 Å². The Morgan fingerprint density at radius 1 is 1.13 bits per heavy atom. The number of hydrogen-bond donors (Lipinski definition) is 3. The summed E-state index contributed by atoms with van der Waals surface area (Å²) in [7, 11) is 0. The normalized spacial score (nSPS) is 10.9. The summed E-state index contributed by atoms with van der Waals surface area (Å²) < 4.78 is 1.64. The molecule has 30 heavy (non-hydrogen) atoms. The van der Waals surface area contributed by atoms with E-state index in [1.54, 1.807) is 4.68 Å². The van der Waals surface area contributed by atoms with Gasteiger partial charge in [0.05, 0.1) is 11.4 Å². The number of aliphatic imine (C=N–C) groups is 1. The highest BCUT2D eigenvalue weighted by Gasteiger charge is 2.16. The largest absolute Gasteiger partial charge is 0.382 e. The second-order valence-corrected chi connectivity index (χ2v) is 6.92. The van der Waals surface area contributed by atoms with Crippen molar-refractivity contribution in [2.24, 2.45) is 4.99 Å². The van der Waals surface area contributed by atoms with Gasteiger partial charge in [0, 0.05) is 19.6 Å². The minimum atomic E-state index is 0. The number of halogens is 1. The van der Waals surface area contributed by atoms with Gasteiger partial charge < -0.3 is 16.4 Å². The van der Waals surface area contributed by atoms with Crippen molar-refractivity contribution in [2.45, 2.75) is 52.4 Å². The number of hydrogen-bond acceptors (Lipinski definition) is 4. The second-order valence-electron chi connectivity index (χ2n) is 6.92. The zero-order valence-corrected chi connectivity index (χ0v) is 20.4. The van der Waals surface area contributed by atoms with E-state index in [1.807, 2.05) is 30.3 Å². The Morgan fingerprint density at radius 3 is 2.57 bits per heavy atom. The monoisotopic (exact) mass is 523 g/mol. The molecule has 8 heteroatoms. The molecule has 0 saturated carbocycles. The maximum atomic E-state index is 9.50. The molecule has 7 nitrogen and oxygen atoms in total. The summed E-state index contributed by atoms with van der Waals surface area (Å²) >= 11 is 0. The first-order valence-corrected chi connectivity index (χ1v) is 10.6. The molecule has 1 heterocycles. The number of aromatic nitrogens is 2. The molecule has 0 aliphatic carbocycles. The Bertz CT molecular complexity index is 809. The van der Waals surface area contributed by atoms with Crippen LogP contribution in [-0.2, 0) is 6.42 Å².